The van der Waals surface area contributed by atoms with E-state index in [9.17, 15) is 4.79 Å². The van der Waals surface area contributed by atoms with Gasteiger partial charge in [0.05, 0.1) is 23.6 Å². The van der Waals surface area contributed by atoms with Crippen LogP contribution < -0.4 is 15.8 Å². The molecule has 122 valence electrons. The van der Waals surface area contributed by atoms with Gasteiger partial charge in [-0.05, 0) is 32.4 Å². The first-order valence-electron chi connectivity index (χ1n) is 7.72. The molecule has 23 heavy (non-hydrogen) atoms. The number of rotatable bonds is 6. The molecule has 0 aliphatic carbocycles. The SMILES string of the molecule is CCCOc1cccc(-c2nc(N)nc(C)c2C(=O)NCC)c1. The van der Waals surface area contributed by atoms with E-state index in [4.69, 9.17) is 10.5 Å². The minimum Gasteiger partial charge on any atom is -0.494 e. The fraction of sp³-hybridized carbons (Fsp3) is 0.353. The molecule has 0 fully saturated rings. The quantitative estimate of drug-likeness (QED) is 0.855. The van der Waals surface area contributed by atoms with Crippen molar-refractivity contribution < 1.29 is 9.53 Å². The number of nitrogens with one attached hydrogen (secondary N) is 1. The van der Waals surface area contributed by atoms with Crippen molar-refractivity contribution >= 4 is 11.9 Å². The lowest BCUT2D eigenvalue weighted by molar-refractivity contribution is 0.0955. The minimum absolute atomic E-state index is 0.144. The zero-order chi connectivity index (χ0) is 16.8. The van der Waals surface area contributed by atoms with Crippen LogP contribution in [0.2, 0.25) is 0 Å². The molecule has 0 radical (unpaired) electrons. The Morgan fingerprint density at radius 2 is 2.09 bits per heavy atom. The van der Waals surface area contributed by atoms with Crippen LogP contribution in [0.3, 0.4) is 0 Å². The smallest absolute Gasteiger partial charge is 0.255 e. The molecule has 0 aliphatic rings. The zero-order valence-electron chi connectivity index (χ0n) is 13.7. The summed E-state index contributed by atoms with van der Waals surface area (Å²) >= 11 is 0. The maximum Gasteiger partial charge on any atom is 0.255 e. The fourth-order valence-corrected chi connectivity index (χ4v) is 2.28. The van der Waals surface area contributed by atoms with Gasteiger partial charge in [0.1, 0.15) is 5.75 Å². The molecule has 2 aromatic rings. The number of anilines is 1. The number of nitrogens with zero attached hydrogens (tertiary/aromatic N) is 2. The highest BCUT2D eigenvalue weighted by Crippen LogP contribution is 2.27. The monoisotopic (exact) mass is 314 g/mol. The summed E-state index contributed by atoms with van der Waals surface area (Å²) in [4.78, 5) is 20.8. The number of hydrogen-bond acceptors (Lipinski definition) is 5. The van der Waals surface area contributed by atoms with E-state index in [1.807, 2.05) is 38.1 Å². The van der Waals surface area contributed by atoms with Crippen LogP contribution in [-0.2, 0) is 0 Å². The van der Waals surface area contributed by atoms with E-state index in [2.05, 4.69) is 15.3 Å². The first-order chi connectivity index (χ1) is 11.1. The maximum atomic E-state index is 12.4. The van der Waals surface area contributed by atoms with E-state index in [-0.39, 0.29) is 11.9 Å². The van der Waals surface area contributed by atoms with Gasteiger partial charge in [-0.1, -0.05) is 19.1 Å². The molecule has 0 unspecified atom stereocenters. The molecule has 6 heteroatoms. The standard InChI is InChI=1S/C17H22N4O2/c1-4-9-23-13-8-6-7-12(10-13)15-14(16(22)19-5-2)11(3)20-17(18)21-15/h6-8,10H,4-5,9H2,1-3H3,(H,19,22)(H2,18,20,21). The van der Waals surface area contributed by atoms with Gasteiger partial charge in [0.25, 0.3) is 5.91 Å². The van der Waals surface area contributed by atoms with E-state index in [1.165, 1.54) is 0 Å². The van der Waals surface area contributed by atoms with Crippen molar-refractivity contribution in [3.63, 3.8) is 0 Å². The minimum atomic E-state index is -0.208. The average Bonchev–Trinajstić information content (AvgIpc) is 2.52. The molecule has 0 spiro atoms. The second-order valence-electron chi connectivity index (χ2n) is 5.13. The lowest BCUT2D eigenvalue weighted by Crippen LogP contribution is -2.25. The Morgan fingerprint density at radius 1 is 1.30 bits per heavy atom. The summed E-state index contributed by atoms with van der Waals surface area (Å²) in [6, 6.07) is 7.49. The number of aromatic nitrogens is 2. The Kier molecular flexibility index (Phi) is 5.51. The van der Waals surface area contributed by atoms with Crippen LogP contribution in [0.1, 0.15) is 36.3 Å². The van der Waals surface area contributed by atoms with Gasteiger partial charge < -0.3 is 15.8 Å². The van der Waals surface area contributed by atoms with Gasteiger partial charge in [-0.25, -0.2) is 9.97 Å². The number of aryl methyl sites for hydroxylation is 1. The lowest BCUT2D eigenvalue weighted by atomic mass is 10.0. The van der Waals surface area contributed by atoms with Crippen LogP contribution in [0.25, 0.3) is 11.3 Å². The predicted octanol–water partition coefficient (Wildman–Crippen LogP) is 2.57. The van der Waals surface area contributed by atoms with Crippen LogP contribution in [0.15, 0.2) is 24.3 Å². The number of carbonyl (C=O) groups is 1. The Labute approximate surface area is 136 Å². The van der Waals surface area contributed by atoms with Crippen molar-refractivity contribution in [2.24, 2.45) is 0 Å². The molecule has 0 bridgehead atoms. The molecule has 1 aromatic heterocycles. The number of hydrogen-bond donors (Lipinski definition) is 2. The summed E-state index contributed by atoms with van der Waals surface area (Å²) < 4.78 is 5.65. The largest absolute Gasteiger partial charge is 0.494 e. The van der Waals surface area contributed by atoms with Crippen molar-refractivity contribution in [2.45, 2.75) is 27.2 Å². The van der Waals surface area contributed by atoms with Crippen LogP contribution in [0.4, 0.5) is 5.95 Å². The second-order valence-corrected chi connectivity index (χ2v) is 5.13. The van der Waals surface area contributed by atoms with Gasteiger partial charge in [-0.2, -0.15) is 0 Å². The summed E-state index contributed by atoms with van der Waals surface area (Å²) in [5, 5.41) is 2.79. The molecular formula is C17H22N4O2. The topological polar surface area (TPSA) is 90.1 Å². The highest BCUT2D eigenvalue weighted by molar-refractivity contribution is 6.01. The molecule has 1 amide bonds. The van der Waals surface area contributed by atoms with E-state index in [1.54, 1.807) is 6.92 Å². The van der Waals surface area contributed by atoms with E-state index < -0.39 is 0 Å². The normalized spacial score (nSPS) is 10.4. The van der Waals surface area contributed by atoms with Gasteiger partial charge in [0, 0.05) is 12.1 Å². The number of carbonyl (C=O) groups excluding carboxylic acids is 1. The van der Waals surface area contributed by atoms with Gasteiger partial charge in [-0.3, -0.25) is 4.79 Å². The number of ether oxygens (including phenoxy) is 1. The summed E-state index contributed by atoms with van der Waals surface area (Å²) in [6.45, 7) is 6.83. The molecule has 2 rings (SSSR count). The van der Waals surface area contributed by atoms with Gasteiger partial charge in [0.2, 0.25) is 5.95 Å². The number of amides is 1. The third kappa shape index (κ3) is 3.97. The molecule has 1 heterocycles. The molecule has 6 nitrogen and oxygen atoms in total. The van der Waals surface area contributed by atoms with Crippen molar-refractivity contribution in [1.82, 2.24) is 15.3 Å². The molecule has 3 N–H and O–H groups in total. The van der Waals surface area contributed by atoms with Crippen molar-refractivity contribution in [3.05, 3.63) is 35.5 Å². The molecule has 0 atom stereocenters. The van der Waals surface area contributed by atoms with E-state index in [0.717, 1.165) is 17.7 Å². The average molecular weight is 314 g/mol. The fourth-order valence-electron chi connectivity index (χ4n) is 2.28. The van der Waals surface area contributed by atoms with E-state index >= 15 is 0 Å². The van der Waals surface area contributed by atoms with Crippen molar-refractivity contribution in [2.75, 3.05) is 18.9 Å². The number of nitrogens with two attached hydrogens (primary N) is 1. The third-order valence-corrected chi connectivity index (χ3v) is 3.25. The van der Waals surface area contributed by atoms with Gasteiger partial charge in [-0.15, -0.1) is 0 Å². The lowest BCUT2D eigenvalue weighted by Gasteiger charge is -2.13. The van der Waals surface area contributed by atoms with Gasteiger partial charge in [0.15, 0.2) is 0 Å². The Hall–Kier alpha value is -2.63. The highest BCUT2D eigenvalue weighted by atomic mass is 16.5. The second kappa shape index (κ2) is 7.58. The molecule has 0 saturated heterocycles. The molecule has 0 aliphatic heterocycles. The van der Waals surface area contributed by atoms with Crippen LogP contribution in [0, 0.1) is 6.92 Å². The van der Waals surface area contributed by atoms with Crippen LogP contribution in [0.5, 0.6) is 5.75 Å². The molecule has 1 aromatic carbocycles. The Bertz CT molecular complexity index is 701. The number of nitrogen functional groups attached to an aromatic ring is 1. The first kappa shape index (κ1) is 16.7. The first-order valence-corrected chi connectivity index (χ1v) is 7.72. The van der Waals surface area contributed by atoms with Crippen LogP contribution in [-0.4, -0.2) is 29.0 Å². The number of benzene rings is 1. The van der Waals surface area contributed by atoms with Crippen LogP contribution >= 0.6 is 0 Å². The third-order valence-electron chi connectivity index (χ3n) is 3.25. The van der Waals surface area contributed by atoms with E-state index in [0.29, 0.717) is 30.1 Å². The Morgan fingerprint density at radius 3 is 2.78 bits per heavy atom. The van der Waals surface area contributed by atoms with Crippen molar-refractivity contribution in [3.8, 4) is 17.0 Å². The molecular weight excluding hydrogens is 292 g/mol. The summed E-state index contributed by atoms with van der Waals surface area (Å²) in [7, 11) is 0. The zero-order valence-corrected chi connectivity index (χ0v) is 13.7. The predicted molar refractivity (Wildman–Crippen MR) is 90.4 cm³/mol. The summed E-state index contributed by atoms with van der Waals surface area (Å²) in [5.74, 6) is 0.673. The van der Waals surface area contributed by atoms with Crippen molar-refractivity contribution in [1.29, 1.82) is 0 Å². The molecule has 0 saturated carbocycles. The summed E-state index contributed by atoms with van der Waals surface area (Å²) in [6.07, 6.45) is 0.925. The summed E-state index contributed by atoms with van der Waals surface area (Å²) in [5.41, 5.74) is 8.06. The highest BCUT2D eigenvalue weighted by Gasteiger charge is 2.19. The Balaban J connectivity index is 2.51. The van der Waals surface area contributed by atoms with Gasteiger partial charge >= 0.3 is 0 Å². The maximum absolute atomic E-state index is 12.4.